The van der Waals surface area contributed by atoms with Gasteiger partial charge >= 0.3 is 0 Å². The van der Waals surface area contributed by atoms with Gasteiger partial charge in [-0.05, 0) is 61.2 Å². The Morgan fingerprint density at radius 2 is 2.00 bits per heavy atom. The van der Waals surface area contributed by atoms with Crippen LogP contribution in [0, 0.1) is 6.92 Å². The van der Waals surface area contributed by atoms with Crippen molar-refractivity contribution in [1.82, 2.24) is 30.1 Å². The molecule has 1 saturated heterocycles. The van der Waals surface area contributed by atoms with Gasteiger partial charge in [-0.15, -0.1) is 5.10 Å². The molecule has 3 heterocycles. The van der Waals surface area contributed by atoms with Crippen molar-refractivity contribution in [2.45, 2.75) is 45.7 Å². The molecule has 4 rings (SSSR count). The monoisotopic (exact) mass is 396 g/mol. The molecular weight excluding hydrogens is 368 g/mol. The first kappa shape index (κ1) is 19.7. The fourth-order valence-electron chi connectivity index (χ4n) is 3.83. The highest BCUT2D eigenvalue weighted by atomic mass is 16.5. The van der Waals surface area contributed by atoms with Crippen molar-refractivity contribution in [2.24, 2.45) is 0 Å². The highest BCUT2D eigenvalue weighted by molar-refractivity contribution is 5.79. The van der Waals surface area contributed by atoms with Crippen molar-refractivity contribution in [3.05, 3.63) is 51.6 Å². The number of aromatic amines is 1. The summed E-state index contributed by atoms with van der Waals surface area (Å²) in [4.78, 5) is 18.4. The summed E-state index contributed by atoms with van der Waals surface area (Å²) >= 11 is 0. The van der Waals surface area contributed by atoms with Crippen LogP contribution < -0.4 is 5.56 Å². The van der Waals surface area contributed by atoms with E-state index in [0.29, 0.717) is 24.6 Å². The number of pyridine rings is 1. The first-order valence-electron chi connectivity index (χ1n) is 10.1. The summed E-state index contributed by atoms with van der Waals surface area (Å²) in [5.41, 5.74) is 2.27. The Hall–Kier alpha value is -2.58. The zero-order valence-electron chi connectivity index (χ0n) is 17.5. The Morgan fingerprint density at radius 3 is 2.72 bits per heavy atom. The van der Waals surface area contributed by atoms with Crippen molar-refractivity contribution >= 4 is 10.9 Å². The summed E-state index contributed by atoms with van der Waals surface area (Å²) < 4.78 is 7.42. The number of hydrogen-bond acceptors (Lipinski definition) is 6. The second kappa shape index (κ2) is 7.68. The maximum absolute atomic E-state index is 13.1. The lowest BCUT2D eigenvalue weighted by Gasteiger charge is -2.35. The van der Waals surface area contributed by atoms with E-state index in [2.05, 4.69) is 52.2 Å². The molecule has 1 aliphatic rings. The molecule has 8 nitrogen and oxygen atoms in total. The molecule has 0 saturated carbocycles. The van der Waals surface area contributed by atoms with E-state index < -0.39 is 0 Å². The molecule has 2 aromatic heterocycles. The number of tetrazole rings is 1. The molecule has 1 aromatic carbocycles. The number of fused-ring (bicyclic) bond motifs is 1. The van der Waals surface area contributed by atoms with Gasteiger partial charge in [0.15, 0.2) is 5.82 Å². The van der Waals surface area contributed by atoms with Crippen LogP contribution in [0.1, 0.15) is 50.2 Å². The summed E-state index contributed by atoms with van der Waals surface area (Å²) in [5, 5.41) is 13.7. The summed E-state index contributed by atoms with van der Waals surface area (Å²) in [7, 11) is 0. The molecule has 0 radical (unpaired) electrons. The van der Waals surface area contributed by atoms with E-state index in [9.17, 15) is 4.79 Å². The fourth-order valence-corrected chi connectivity index (χ4v) is 3.83. The third kappa shape index (κ3) is 3.70. The number of nitrogens with zero attached hydrogens (tertiary/aromatic N) is 5. The van der Waals surface area contributed by atoms with E-state index >= 15 is 0 Å². The Kier molecular flexibility index (Phi) is 5.23. The highest BCUT2D eigenvalue weighted by Gasteiger charge is 2.34. The average Bonchev–Trinajstić information content (AvgIpc) is 3.20. The van der Waals surface area contributed by atoms with Crippen molar-refractivity contribution in [1.29, 1.82) is 0 Å². The minimum absolute atomic E-state index is 0.110. The van der Waals surface area contributed by atoms with Crippen molar-refractivity contribution in [3.63, 3.8) is 0 Å². The normalized spacial score (nSPS) is 17.0. The SMILES string of the molecule is CCC(C)(C)n1nnnc1[C@H](c1cc2cc(C)ccc2[nH]c1=O)N1CCOCC1. The van der Waals surface area contributed by atoms with Crippen molar-refractivity contribution < 1.29 is 4.74 Å². The smallest absolute Gasteiger partial charge is 0.253 e. The molecule has 8 heteroatoms. The highest BCUT2D eigenvalue weighted by Crippen LogP contribution is 2.30. The third-order valence-electron chi connectivity index (χ3n) is 5.91. The molecule has 0 aliphatic carbocycles. The third-order valence-corrected chi connectivity index (χ3v) is 5.91. The molecule has 1 fully saturated rings. The van der Waals surface area contributed by atoms with Gasteiger partial charge in [0.1, 0.15) is 6.04 Å². The lowest BCUT2D eigenvalue weighted by molar-refractivity contribution is 0.0204. The Bertz CT molecular complexity index is 1060. The van der Waals surface area contributed by atoms with Crippen LogP contribution in [-0.2, 0) is 10.3 Å². The van der Waals surface area contributed by atoms with Gasteiger partial charge in [-0.25, -0.2) is 4.68 Å². The molecule has 1 N–H and O–H groups in total. The van der Waals surface area contributed by atoms with E-state index in [1.165, 1.54) is 0 Å². The average molecular weight is 396 g/mol. The van der Waals surface area contributed by atoms with Crippen LogP contribution in [0.3, 0.4) is 0 Å². The van der Waals surface area contributed by atoms with Gasteiger partial charge in [0.2, 0.25) is 0 Å². The molecule has 1 aliphatic heterocycles. The topological polar surface area (TPSA) is 88.9 Å². The molecule has 29 heavy (non-hydrogen) atoms. The maximum atomic E-state index is 13.1. The Morgan fingerprint density at radius 1 is 1.24 bits per heavy atom. The minimum atomic E-state index is -0.339. The standard InChI is InChI=1S/C21H28N6O2/c1-5-21(3,4)27-19(23-24-25-27)18(26-8-10-29-11-9-26)16-13-15-12-14(2)6-7-17(15)22-20(16)28/h6-7,12-13,18H,5,8-11H2,1-4H3,(H,22,28)/t18-/m0/s1. The van der Waals surface area contributed by atoms with Gasteiger partial charge in [-0.2, -0.15) is 0 Å². The number of benzene rings is 1. The van der Waals surface area contributed by atoms with E-state index in [1.54, 1.807) is 0 Å². The number of morpholine rings is 1. The molecule has 3 aromatic rings. The van der Waals surface area contributed by atoms with Crippen LogP contribution in [0.2, 0.25) is 0 Å². The van der Waals surface area contributed by atoms with Gasteiger partial charge in [-0.3, -0.25) is 9.69 Å². The number of aryl methyl sites for hydroxylation is 1. The minimum Gasteiger partial charge on any atom is -0.379 e. The van der Waals surface area contributed by atoms with Gasteiger partial charge in [0, 0.05) is 24.2 Å². The van der Waals surface area contributed by atoms with Crippen LogP contribution in [-0.4, -0.2) is 56.4 Å². The summed E-state index contributed by atoms with van der Waals surface area (Å²) in [6.07, 6.45) is 0.869. The van der Waals surface area contributed by atoms with Gasteiger partial charge < -0.3 is 9.72 Å². The van der Waals surface area contributed by atoms with E-state index in [-0.39, 0.29) is 17.1 Å². The second-order valence-corrected chi connectivity index (χ2v) is 8.31. The quantitative estimate of drug-likeness (QED) is 0.712. The molecule has 0 amide bonds. The van der Waals surface area contributed by atoms with Gasteiger partial charge in [-0.1, -0.05) is 18.6 Å². The molecule has 1 atom stereocenters. The van der Waals surface area contributed by atoms with Crippen LogP contribution in [0.15, 0.2) is 29.1 Å². The van der Waals surface area contributed by atoms with Crippen molar-refractivity contribution in [2.75, 3.05) is 26.3 Å². The van der Waals surface area contributed by atoms with Crippen molar-refractivity contribution in [3.8, 4) is 0 Å². The summed E-state index contributed by atoms with van der Waals surface area (Å²) in [6.45, 7) is 11.1. The number of ether oxygens (including phenoxy) is 1. The van der Waals surface area contributed by atoms with Crippen LogP contribution in [0.25, 0.3) is 10.9 Å². The summed E-state index contributed by atoms with van der Waals surface area (Å²) in [6, 6.07) is 7.68. The predicted molar refractivity (Wildman–Crippen MR) is 111 cm³/mol. The van der Waals surface area contributed by atoms with Gasteiger partial charge in [0.05, 0.1) is 18.8 Å². The molecule has 0 spiro atoms. The van der Waals surface area contributed by atoms with Crippen LogP contribution in [0.5, 0.6) is 0 Å². The number of hydrogen-bond donors (Lipinski definition) is 1. The van der Waals surface area contributed by atoms with Gasteiger partial charge in [0.25, 0.3) is 5.56 Å². The number of H-pyrrole nitrogens is 1. The largest absolute Gasteiger partial charge is 0.379 e. The first-order valence-corrected chi connectivity index (χ1v) is 10.1. The fraction of sp³-hybridized carbons (Fsp3) is 0.524. The predicted octanol–water partition coefficient (Wildman–Crippen LogP) is 2.39. The number of rotatable bonds is 5. The Labute approximate surface area is 169 Å². The lowest BCUT2D eigenvalue weighted by Crippen LogP contribution is -2.43. The van der Waals surface area contributed by atoms with E-state index in [4.69, 9.17) is 4.74 Å². The summed E-state index contributed by atoms with van der Waals surface area (Å²) in [5.74, 6) is 0.691. The molecule has 0 unspecified atom stereocenters. The zero-order valence-corrected chi connectivity index (χ0v) is 17.5. The molecule has 0 bridgehead atoms. The zero-order chi connectivity index (χ0) is 20.6. The first-order chi connectivity index (χ1) is 13.9. The van der Waals surface area contributed by atoms with E-state index in [0.717, 1.165) is 36.0 Å². The number of aromatic nitrogens is 5. The molecule has 154 valence electrons. The lowest BCUT2D eigenvalue weighted by atomic mass is 9.99. The van der Waals surface area contributed by atoms with Crippen LogP contribution in [0.4, 0.5) is 0 Å². The van der Waals surface area contributed by atoms with Crippen LogP contribution >= 0.6 is 0 Å². The number of nitrogens with one attached hydrogen (secondary N) is 1. The molecular formula is C21H28N6O2. The second-order valence-electron chi connectivity index (χ2n) is 8.31. The maximum Gasteiger partial charge on any atom is 0.253 e. The Balaban J connectivity index is 1.91. The van der Waals surface area contributed by atoms with E-state index in [1.807, 2.05) is 29.8 Å².